The number of nitrogens with zero attached hydrogens (tertiary/aromatic N) is 1. The number of hydrazine groups is 1. The number of fused-ring (bicyclic) bond motifs is 1. The quantitative estimate of drug-likeness (QED) is 0.720. The molecule has 1 aliphatic rings. The van der Waals surface area contributed by atoms with Gasteiger partial charge in [0.15, 0.2) is 0 Å². The molecule has 7 nitrogen and oxygen atoms in total. The predicted octanol–water partition coefficient (Wildman–Crippen LogP) is 4.23. The lowest BCUT2D eigenvalue weighted by Gasteiger charge is -2.36. The molecule has 0 fully saturated rings. The SMILES string of the molecule is COc1cc(C(=O)NN(C(=O)c2ccc3c(c2C)CCCO3)C(C)(C)C)cc(OC)c1C. The van der Waals surface area contributed by atoms with Gasteiger partial charge in [-0.05, 0) is 82.9 Å². The molecule has 0 spiro atoms. The molecule has 0 aliphatic carbocycles. The molecule has 7 heteroatoms. The van der Waals surface area contributed by atoms with Gasteiger partial charge in [-0.1, -0.05) is 0 Å². The number of carbonyl (C=O) groups excluding carboxylic acids is 2. The average Bonchev–Trinajstić information content (AvgIpc) is 2.76. The van der Waals surface area contributed by atoms with E-state index in [9.17, 15) is 9.59 Å². The smallest absolute Gasteiger partial charge is 0.273 e. The van der Waals surface area contributed by atoms with Crippen molar-refractivity contribution in [2.45, 2.75) is 53.0 Å². The largest absolute Gasteiger partial charge is 0.496 e. The van der Waals surface area contributed by atoms with Crippen molar-refractivity contribution in [3.63, 3.8) is 0 Å². The molecule has 0 saturated carbocycles. The zero-order valence-electron chi connectivity index (χ0n) is 19.9. The van der Waals surface area contributed by atoms with E-state index in [-0.39, 0.29) is 5.91 Å². The zero-order chi connectivity index (χ0) is 23.6. The fourth-order valence-electron chi connectivity index (χ4n) is 3.87. The highest BCUT2D eigenvalue weighted by Crippen LogP contribution is 2.32. The number of nitrogens with one attached hydrogen (secondary N) is 1. The van der Waals surface area contributed by atoms with Gasteiger partial charge in [-0.3, -0.25) is 15.0 Å². The Morgan fingerprint density at radius 2 is 1.66 bits per heavy atom. The average molecular weight is 441 g/mol. The van der Waals surface area contributed by atoms with Crippen molar-refractivity contribution in [1.82, 2.24) is 10.4 Å². The summed E-state index contributed by atoms with van der Waals surface area (Å²) in [4.78, 5) is 26.8. The predicted molar refractivity (Wildman–Crippen MR) is 123 cm³/mol. The lowest BCUT2D eigenvalue weighted by atomic mass is 9.95. The summed E-state index contributed by atoms with van der Waals surface area (Å²) in [6.45, 7) is 10.1. The maximum Gasteiger partial charge on any atom is 0.273 e. The second kappa shape index (κ2) is 9.10. The second-order valence-corrected chi connectivity index (χ2v) is 8.92. The minimum atomic E-state index is -0.662. The third-order valence-corrected chi connectivity index (χ3v) is 5.72. The summed E-state index contributed by atoms with van der Waals surface area (Å²) >= 11 is 0. The van der Waals surface area contributed by atoms with Crippen LogP contribution in [-0.2, 0) is 6.42 Å². The van der Waals surface area contributed by atoms with Crippen molar-refractivity contribution in [3.05, 3.63) is 52.1 Å². The molecule has 2 aromatic carbocycles. The standard InChI is InChI=1S/C25H32N2O5/c1-15-18-9-8-12-32-20(18)11-10-19(15)24(29)27(25(3,4)5)26-23(28)17-13-21(30-6)16(2)22(14-17)31-7/h10-11,13-14H,8-9,12H2,1-7H3,(H,26,28). The van der Waals surface area contributed by atoms with Gasteiger partial charge in [0, 0.05) is 16.7 Å². The lowest BCUT2D eigenvalue weighted by molar-refractivity contribution is 0.0357. The third-order valence-electron chi connectivity index (χ3n) is 5.72. The molecule has 0 bridgehead atoms. The van der Waals surface area contributed by atoms with E-state index >= 15 is 0 Å². The highest BCUT2D eigenvalue weighted by atomic mass is 16.5. The maximum absolute atomic E-state index is 13.6. The molecular formula is C25H32N2O5. The van der Waals surface area contributed by atoms with Crippen LogP contribution in [0, 0.1) is 13.8 Å². The molecule has 1 heterocycles. The van der Waals surface area contributed by atoms with Crippen LogP contribution in [0.1, 0.15) is 64.6 Å². The Balaban J connectivity index is 1.95. The molecule has 0 radical (unpaired) electrons. The molecule has 2 amide bonds. The maximum atomic E-state index is 13.6. The van der Waals surface area contributed by atoms with Crippen LogP contribution in [0.2, 0.25) is 0 Å². The van der Waals surface area contributed by atoms with E-state index in [2.05, 4.69) is 5.43 Å². The highest BCUT2D eigenvalue weighted by molar-refractivity contribution is 6.01. The minimum absolute atomic E-state index is 0.275. The van der Waals surface area contributed by atoms with E-state index in [1.54, 1.807) is 18.2 Å². The zero-order valence-corrected chi connectivity index (χ0v) is 19.9. The van der Waals surface area contributed by atoms with Crippen LogP contribution < -0.4 is 19.6 Å². The molecule has 1 N–H and O–H groups in total. The fraction of sp³-hybridized carbons (Fsp3) is 0.440. The lowest BCUT2D eigenvalue weighted by Crippen LogP contribution is -2.56. The highest BCUT2D eigenvalue weighted by Gasteiger charge is 2.32. The van der Waals surface area contributed by atoms with E-state index in [4.69, 9.17) is 14.2 Å². The molecule has 172 valence electrons. The number of hydrogen-bond donors (Lipinski definition) is 1. The summed E-state index contributed by atoms with van der Waals surface area (Å²) in [6, 6.07) is 6.89. The van der Waals surface area contributed by atoms with Gasteiger partial charge in [-0.2, -0.15) is 0 Å². The third kappa shape index (κ3) is 4.52. The van der Waals surface area contributed by atoms with Gasteiger partial charge < -0.3 is 14.2 Å². The molecule has 0 unspecified atom stereocenters. The number of amides is 2. The monoisotopic (exact) mass is 440 g/mol. The molecule has 1 aliphatic heterocycles. The Kier molecular flexibility index (Phi) is 6.67. The van der Waals surface area contributed by atoms with Crippen LogP contribution in [0.25, 0.3) is 0 Å². The van der Waals surface area contributed by atoms with Gasteiger partial charge in [0.2, 0.25) is 0 Å². The topological polar surface area (TPSA) is 77.1 Å². The van der Waals surface area contributed by atoms with E-state index in [0.717, 1.165) is 35.3 Å². The van der Waals surface area contributed by atoms with Crippen LogP contribution in [0.3, 0.4) is 0 Å². The van der Waals surface area contributed by atoms with Gasteiger partial charge in [-0.15, -0.1) is 0 Å². The number of carbonyl (C=O) groups is 2. The van der Waals surface area contributed by atoms with E-state index in [0.29, 0.717) is 29.2 Å². The summed E-state index contributed by atoms with van der Waals surface area (Å²) in [6.07, 6.45) is 1.79. The van der Waals surface area contributed by atoms with Crippen LogP contribution in [-0.4, -0.2) is 43.2 Å². The van der Waals surface area contributed by atoms with Gasteiger partial charge in [0.25, 0.3) is 11.8 Å². The van der Waals surface area contributed by atoms with Crippen molar-refractivity contribution < 1.29 is 23.8 Å². The Bertz CT molecular complexity index is 1010. The molecule has 0 atom stereocenters. The van der Waals surface area contributed by atoms with Crippen LogP contribution in [0.15, 0.2) is 24.3 Å². The normalized spacial score (nSPS) is 13.0. The Hall–Kier alpha value is -3.22. The Morgan fingerprint density at radius 1 is 1.03 bits per heavy atom. The fourth-order valence-corrected chi connectivity index (χ4v) is 3.87. The van der Waals surface area contributed by atoms with Crippen molar-refractivity contribution in [2.75, 3.05) is 20.8 Å². The summed E-state index contributed by atoms with van der Waals surface area (Å²) in [7, 11) is 3.08. The summed E-state index contributed by atoms with van der Waals surface area (Å²) in [5.74, 6) is 1.20. The Morgan fingerprint density at radius 3 is 2.22 bits per heavy atom. The number of rotatable bonds is 4. The number of methoxy groups -OCH3 is 2. The first kappa shape index (κ1) is 23.4. The van der Waals surface area contributed by atoms with Crippen molar-refractivity contribution in [3.8, 4) is 17.2 Å². The van der Waals surface area contributed by atoms with Gasteiger partial charge in [0.1, 0.15) is 17.2 Å². The number of hydrogen-bond acceptors (Lipinski definition) is 5. The van der Waals surface area contributed by atoms with E-state index < -0.39 is 11.4 Å². The summed E-state index contributed by atoms with van der Waals surface area (Å²) < 4.78 is 16.5. The van der Waals surface area contributed by atoms with Gasteiger partial charge in [-0.25, -0.2) is 5.01 Å². The first-order valence-electron chi connectivity index (χ1n) is 10.7. The molecule has 0 saturated heterocycles. The van der Waals surface area contributed by atoms with Gasteiger partial charge in [0.05, 0.1) is 26.4 Å². The van der Waals surface area contributed by atoms with Crippen molar-refractivity contribution in [1.29, 1.82) is 0 Å². The molecular weight excluding hydrogens is 408 g/mol. The Labute approximate surface area is 189 Å². The number of ether oxygens (including phenoxy) is 3. The first-order chi connectivity index (χ1) is 15.1. The minimum Gasteiger partial charge on any atom is -0.496 e. The van der Waals surface area contributed by atoms with E-state index in [1.807, 2.05) is 40.7 Å². The molecule has 3 rings (SSSR count). The van der Waals surface area contributed by atoms with Gasteiger partial charge >= 0.3 is 0 Å². The summed E-state index contributed by atoms with van der Waals surface area (Å²) in [5.41, 5.74) is 5.75. The van der Waals surface area contributed by atoms with Crippen LogP contribution in [0.5, 0.6) is 17.2 Å². The van der Waals surface area contributed by atoms with Crippen LogP contribution >= 0.6 is 0 Å². The summed E-state index contributed by atoms with van der Waals surface area (Å²) in [5, 5.41) is 1.38. The van der Waals surface area contributed by atoms with Crippen molar-refractivity contribution in [2.24, 2.45) is 0 Å². The first-order valence-corrected chi connectivity index (χ1v) is 10.7. The van der Waals surface area contributed by atoms with Crippen LogP contribution in [0.4, 0.5) is 0 Å². The molecule has 2 aromatic rings. The molecule has 32 heavy (non-hydrogen) atoms. The number of benzene rings is 2. The van der Waals surface area contributed by atoms with Crippen molar-refractivity contribution >= 4 is 11.8 Å². The second-order valence-electron chi connectivity index (χ2n) is 8.92. The van der Waals surface area contributed by atoms with E-state index in [1.165, 1.54) is 19.2 Å². The molecule has 0 aromatic heterocycles.